The standard InChI is InChI=1S/C28H27BrN4O3/c1-28(2)14-19(13-20(34)15-28)30-21-7-5-6-8-22(21)33-16-23-24(26(35)32(4)27(36)31(23)3)25(33)17-9-11-18(29)12-10-17/h5-13,16,30H,14-15H2,1-4H3. The summed E-state index contributed by atoms with van der Waals surface area (Å²) in [6.07, 6.45) is 4.78. The summed E-state index contributed by atoms with van der Waals surface area (Å²) in [7, 11) is 3.17. The lowest BCUT2D eigenvalue weighted by Crippen LogP contribution is -2.36. The highest BCUT2D eigenvalue weighted by Gasteiger charge is 2.28. The van der Waals surface area contributed by atoms with Crippen molar-refractivity contribution >= 4 is 38.3 Å². The lowest BCUT2D eigenvalue weighted by atomic mass is 9.79. The summed E-state index contributed by atoms with van der Waals surface area (Å²) >= 11 is 3.49. The fraction of sp³-hybridized carbons (Fsp3) is 0.250. The lowest BCUT2D eigenvalue weighted by molar-refractivity contribution is -0.117. The second-order valence-electron chi connectivity index (χ2n) is 10.1. The fourth-order valence-corrected chi connectivity index (χ4v) is 5.28. The molecule has 1 N–H and O–H groups in total. The summed E-state index contributed by atoms with van der Waals surface area (Å²) in [4.78, 5) is 38.5. The second kappa shape index (κ2) is 8.78. The molecule has 1 aliphatic rings. The maximum absolute atomic E-state index is 13.4. The number of nitrogens with zero attached hydrogens (tertiary/aromatic N) is 3. The van der Waals surface area contributed by atoms with Crippen molar-refractivity contribution in [1.82, 2.24) is 13.7 Å². The summed E-state index contributed by atoms with van der Waals surface area (Å²) in [5.74, 6) is 0.104. The summed E-state index contributed by atoms with van der Waals surface area (Å²) in [5, 5.41) is 3.94. The smallest absolute Gasteiger partial charge is 0.330 e. The molecule has 0 unspecified atom stereocenters. The minimum atomic E-state index is -0.383. The number of nitrogens with one attached hydrogen (secondary N) is 1. The van der Waals surface area contributed by atoms with E-state index in [1.165, 1.54) is 11.6 Å². The summed E-state index contributed by atoms with van der Waals surface area (Å²) < 4.78 is 5.51. The Balaban J connectivity index is 1.78. The number of para-hydroxylation sites is 2. The number of allylic oxidation sites excluding steroid dienone is 2. The number of rotatable bonds is 4. The molecule has 2 aromatic heterocycles. The van der Waals surface area contributed by atoms with Crippen LogP contribution in [0.1, 0.15) is 26.7 Å². The molecular formula is C28H27BrN4O3. The minimum absolute atomic E-state index is 0.104. The molecule has 0 saturated heterocycles. The highest BCUT2D eigenvalue weighted by atomic mass is 79.9. The highest BCUT2D eigenvalue weighted by Crippen LogP contribution is 2.37. The van der Waals surface area contributed by atoms with Gasteiger partial charge in [-0.25, -0.2) is 4.79 Å². The van der Waals surface area contributed by atoms with Crippen LogP contribution < -0.4 is 16.6 Å². The van der Waals surface area contributed by atoms with Gasteiger partial charge in [-0.1, -0.05) is 54.0 Å². The number of hydrogen-bond donors (Lipinski definition) is 1. The molecule has 0 radical (unpaired) electrons. The van der Waals surface area contributed by atoms with Crippen LogP contribution in [-0.4, -0.2) is 19.5 Å². The third kappa shape index (κ3) is 4.15. The molecule has 8 heteroatoms. The highest BCUT2D eigenvalue weighted by molar-refractivity contribution is 9.10. The summed E-state index contributed by atoms with van der Waals surface area (Å²) in [5.41, 5.74) is 3.68. The topological polar surface area (TPSA) is 78.0 Å². The van der Waals surface area contributed by atoms with Gasteiger partial charge < -0.3 is 9.88 Å². The van der Waals surface area contributed by atoms with E-state index in [9.17, 15) is 14.4 Å². The number of aryl methyl sites for hydroxylation is 1. The molecular weight excluding hydrogens is 520 g/mol. The molecule has 0 spiro atoms. The number of fused-ring (bicyclic) bond motifs is 1. The van der Waals surface area contributed by atoms with E-state index >= 15 is 0 Å². The molecule has 184 valence electrons. The zero-order valence-corrected chi connectivity index (χ0v) is 22.2. The van der Waals surface area contributed by atoms with Gasteiger partial charge in [0.2, 0.25) is 0 Å². The SMILES string of the molecule is Cn1c(=O)c2c(-c3ccc(Br)cc3)n(-c3ccccc3NC3=CC(=O)CC(C)(C)C3)cc2n(C)c1=O. The quantitative estimate of drug-likeness (QED) is 0.384. The zero-order chi connectivity index (χ0) is 25.8. The van der Waals surface area contributed by atoms with E-state index in [1.54, 1.807) is 13.1 Å². The van der Waals surface area contributed by atoms with Crippen LogP contribution in [0.25, 0.3) is 27.8 Å². The monoisotopic (exact) mass is 546 g/mol. The summed E-state index contributed by atoms with van der Waals surface area (Å²) in [6, 6.07) is 15.5. The van der Waals surface area contributed by atoms with E-state index in [0.29, 0.717) is 23.0 Å². The first kappa shape index (κ1) is 24.1. The van der Waals surface area contributed by atoms with Crippen LogP contribution in [0.4, 0.5) is 5.69 Å². The van der Waals surface area contributed by atoms with Crippen molar-refractivity contribution in [2.24, 2.45) is 19.5 Å². The summed E-state index contributed by atoms with van der Waals surface area (Å²) in [6.45, 7) is 4.18. The first-order valence-electron chi connectivity index (χ1n) is 11.7. The Kier molecular flexibility index (Phi) is 5.87. The molecule has 0 bridgehead atoms. The Morgan fingerprint density at radius 3 is 2.31 bits per heavy atom. The molecule has 0 amide bonds. The number of benzene rings is 2. The minimum Gasteiger partial charge on any atom is -0.357 e. The number of aromatic nitrogens is 3. The molecule has 1 aliphatic carbocycles. The van der Waals surface area contributed by atoms with E-state index in [1.807, 2.05) is 59.3 Å². The van der Waals surface area contributed by atoms with Crippen LogP contribution in [0.5, 0.6) is 0 Å². The van der Waals surface area contributed by atoms with Crippen LogP contribution in [0.2, 0.25) is 0 Å². The molecule has 5 rings (SSSR count). The van der Waals surface area contributed by atoms with Gasteiger partial charge in [-0.2, -0.15) is 0 Å². The van der Waals surface area contributed by atoms with Crippen LogP contribution in [-0.2, 0) is 18.9 Å². The van der Waals surface area contributed by atoms with Crippen molar-refractivity contribution in [2.75, 3.05) is 5.32 Å². The molecule has 0 aliphatic heterocycles. The third-order valence-electron chi connectivity index (χ3n) is 6.67. The van der Waals surface area contributed by atoms with Crippen molar-refractivity contribution in [3.05, 3.63) is 91.8 Å². The average Bonchev–Trinajstić information content (AvgIpc) is 3.21. The number of halogens is 1. The van der Waals surface area contributed by atoms with Gasteiger partial charge in [0.25, 0.3) is 5.56 Å². The molecule has 0 fully saturated rings. The Labute approximate surface area is 216 Å². The van der Waals surface area contributed by atoms with E-state index < -0.39 is 0 Å². The van der Waals surface area contributed by atoms with Gasteiger partial charge in [-0.15, -0.1) is 0 Å². The van der Waals surface area contributed by atoms with E-state index in [4.69, 9.17) is 0 Å². The van der Waals surface area contributed by atoms with Crippen LogP contribution >= 0.6 is 15.9 Å². The Morgan fingerprint density at radius 2 is 1.61 bits per heavy atom. The van der Waals surface area contributed by atoms with Crippen molar-refractivity contribution in [1.29, 1.82) is 0 Å². The average molecular weight is 547 g/mol. The number of ketones is 1. The number of hydrogen-bond acceptors (Lipinski definition) is 4. The van der Waals surface area contributed by atoms with E-state index in [0.717, 1.165) is 38.1 Å². The molecule has 2 heterocycles. The Morgan fingerprint density at radius 1 is 0.917 bits per heavy atom. The van der Waals surface area contributed by atoms with Gasteiger partial charge in [0, 0.05) is 43.0 Å². The zero-order valence-electron chi connectivity index (χ0n) is 20.6. The lowest BCUT2D eigenvalue weighted by Gasteiger charge is -2.29. The maximum atomic E-state index is 13.4. The molecule has 0 saturated carbocycles. The first-order valence-corrected chi connectivity index (χ1v) is 12.5. The molecule has 0 atom stereocenters. The van der Waals surface area contributed by atoms with Crippen LogP contribution in [0, 0.1) is 5.41 Å². The molecule has 7 nitrogen and oxygen atoms in total. The van der Waals surface area contributed by atoms with Crippen molar-refractivity contribution < 1.29 is 4.79 Å². The van der Waals surface area contributed by atoms with Gasteiger partial charge >= 0.3 is 5.69 Å². The van der Waals surface area contributed by atoms with Crippen molar-refractivity contribution in [2.45, 2.75) is 26.7 Å². The molecule has 2 aromatic carbocycles. The molecule has 36 heavy (non-hydrogen) atoms. The Bertz CT molecular complexity index is 1670. The van der Waals surface area contributed by atoms with Gasteiger partial charge in [-0.3, -0.25) is 18.7 Å². The number of anilines is 1. The van der Waals surface area contributed by atoms with Gasteiger partial charge in [0.1, 0.15) is 0 Å². The van der Waals surface area contributed by atoms with Crippen LogP contribution in [0.3, 0.4) is 0 Å². The van der Waals surface area contributed by atoms with Gasteiger partial charge in [0.05, 0.1) is 28.0 Å². The van der Waals surface area contributed by atoms with E-state index in [-0.39, 0.29) is 22.4 Å². The van der Waals surface area contributed by atoms with Gasteiger partial charge in [0.15, 0.2) is 5.78 Å². The van der Waals surface area contributed by atoms with Crippen molar-refractivity contribution in [3.8, 4) is 16.9 Å². The second-order valence-corrected chi connectivity index (χ2v) is 11.0. The Hall–Kier alpha value is -3.65. The predicted octanol–water partition coefficient (Wildman–Crippen LogP) is 5.14. The third-order valence-corrected chi connectivity index (χ3v) is 7.20. The number of carbonyl (C=O) groups excluding carboxylic acids is 1. The fourth-order valence-electron chi connectivity index (χ4n) is 5.01. The maximum Gasteiger partial charge on any atom is 0.330 e. The first-order chi connectivity index (χ1) is 17.1. The normalized spacial score (nSPS) is 15.2. The predicted molar refractivity (Wildman–Crippen MR) is 147 cm³/mol. The van der Waals surface area contributed by atoms with Crippen molar-refractivity contribution in [3.63, 3.8) is 0 Å². The van der Waals surface area contributed by atoms with Crippen LogP contribution in [0.15, 0.2) is 80.6 Å². The largest absolute Gasteiger partial charge is 0.357 e. The molecule has 4 aromatic rings. The number of carbonyl (C=O) groups is 1. The van der Waals surface area contributed by atoms with E-state index in [2.05, 4.69) is 35.1 Å². The van der Waals surface area contributed by atoms with Gasteiger partial charge in [-0.05, 0) is 41.7 Å².